The normalized spacial score (nSPS) is 18.4. The van der Waals surface area contributed by atoms with Gasteiger partial charge in [-0.3, -0.25) is 4.90 Å². The third-order valence-electron chi connectivity index (χ3n) is 3.88. The van der Waals surface area contributed by atoms with Gasteiger partial charge >= 0.3 is 6.09 Å². The van der Waals surface area contributed by atoms with Gasteiger partial charge in [0.1, 0.15) is 6.10 Å². The van der Waals surface area contributed by atoms with Gasteiger partial charge in [-0.15, -0.1) is 11.3 Å². The predicted octanol–water partition coefficient (Wildman–Crippen LogP) is 4.59. The second kappa shape index (κ2) is 6.43. The molecule has 0 aliphatic carbocycles. The van der Waals surface area contributed by atoms with Gasteiger partial charge in [-0.1, -0.05) is 26.2 Å². The number of cyclic esters (lactones) is 1. The molecule has 1 aromatic heterocycles. The SMILES string of the molecule is CCCCCCC1CN(c2ccc3ncsc3c2)C(=O)O1. The lowest BCUT2D eigenvalue weighted by molar-refractivity contribution is 0.135. The Bertz CT molecular complexity index is 626. The zero-order valence-electron chi connectivity index (χ0n) is 12.2. The molecule has 2 heterocycles. The Morgan fingerprint density at radius 1 is 1.38 bits per heavy atom. The van der Waals surface area contributed by atoms with Gasteiger partial charge in [-0.05, 0) is 31.0 Å². The summed E-state index contributed by atoms with van der Waals surface area (Å²) in [6.45, 7) is 2.86. The average Bonchev–Trinajstić information content (AvgIpc) is 3.09. The van der Waals surface area contributed by atoms with E-state index in [1.807, 2.05) is 23.7 Å². The summed E-state index contributed by atoms with van der Waals surface area (Å²) < 4.78 is 6.58. The molecule has 3 rings (SSSR count). The summed E-state index contributed by atoms with van der Waals surface area (Å²) >= 11 is 1.59. The van der Waals surface area contributed by atoms with Gasteiger partial charge in [0.05, 0.1) is 22.3 Å². The van der Waals surface area contributed by atoms with Crippen LogP contribution in [-0.4, -0.2) is 23.7 Å². The van der Waals surface area contributed by atoms with Gasteiger partial charge in [-0.2, -0.15) is 0 Å². The number of carbonyl (C=O) groups excluding carboxylic acids is 1. The van der Waals surface area contributed by atoms with E-state index in [0.717, 1.165) is 28.7 Å². The monoisotopic (exact) mass is 304 g/mol. The minimum atomic E-state index is -0.223. The quantitative estimate of drug-likeness (QED) is 0.733. The van der Waals surface area contributed by atoms with Crippen molar-refractivity contribution in [2.24, 2.45) is 0 Å². The van der Waals surface area contributed by atoms with Crippen molar-refractivity contribution < 1.29 is 9.53 Å². The Labute approximate surface area is 128 Å². The lowest BCUT2D eigenvalue weighted by Gasteiger charge is -2.12. The van der Waals surface area contributed by atoms with Crippen LogP contribution in [0.5, 0.6) is 0 Å². The number of anilines is 1. The second-order valence-corrected chi connectivity index (χ2v) is 6.36. The van der Waals surface area contributed by atoms with Gasteiger partial charge in [-0.25, -0.2) is 9.78 Å². The molecule has 5 heteroatoms. The van der Waals surface area contributed by atoms with Crippen molar-refractivity contribution >= 4 is 33.3 Å². The van der Waals surface area contributed by atoms with Gasteiger partial charge < -0.3 is 4.74 Å². The molecule has 1 aliphatic heterocycles. The highest BCUT2D eigenvalue weighted by atomic mass is 32.1. The van der Waals surface area contributed by atoms with Crippen LogP contribution in [-0.2, 0) is 4.74 Å². The Morgan fingerprint density at radius 3 is 3.14 bits per heavy atom. The maximum absolute atomic E-state index is 12.0. The molecule has 1 aliphatic rings. The van der Waals surface area contributed by atoms with E-state index in [1.165, 1.54) is 19.3 Å². The number of carbonyl (C=O) groups is 1. The summed E-state index contributed by atoms with van der Waals surface area (Å²) in [7, 11) is 0. The molecule has 0 spiro atoms. The van der Waals surface area contributed by atoms with Crippen LogP contribution in [0.2, 0.25) is 0 Å². The standard InChI is InChI=1S/C16H20N2O2S/c1-2-3-4-5-6-13-10-18(16(19)20-13)12-7-8-14-15(9-12)21-11-17-14/h7-9,11,13H,2-6,10H2,1H3. The number of hydrogen-bond acceptors (Lipinski definition) is 4. The van der Waals surface area contributed by atoms with E-state index in [1.54, 1.807) is 16.2 Å². The van der Waals surface area contributed by atoms with E-state index in [9.17, 15) is 4.79 Å². The Hall–Kier alpha value is -1.62. The highest BCUT2D eigenvalue weighted by molar-refractivity contribution is 7.16. The van der Waals surface area contributed by atoms with E-state index in [2.05, 4.69) is 11.9 Å². The van der Waals surface area contributed by atoms with Gasteiger partial charge in [0.15, 0.2) is 0 Å². The predicted molar refractivity (Wildman–Crippen MR) is 86.0 cm³/mol. The Morgan fingerprint density at radius 2 is 2.29 bits per heavy atom. The molecule has 21 heavy (non-hydrogen) atoms. The molecule has 0 bridgehead atoms. The van der Waals surface area contributed by atoms with Gasteiger partial charge in [0.25, 0.3) is 0 Å². The lowest BCUT2D eigenvalue weighted by atomic mass is 10.1. The zero-order chi connectivity index (χ0) is 14.7. The maximum Gasteiger partial charge on any atom is 0.414 e. The van der Waals surface area contributed by atoms with Crippen molar-refractivity contribution in [3.05, 3.63) is 23.7 Å². The number of benzene rings is 1. The molecule has 1 aromatic carbocycles. The molecular formula is C16H20N2O2S. The van der Waals surface area contributed by atoms with Crippen LogP contribution in [0.4, 0.5) is 10.5 Å². The first kappa shape index (κ1) is 14.3. The summed E-state index contributed by atoms with van der Waals surface area (Å²) in [5, 5.41) is 0. The molecule has 1 fully saturated rings. The number of rotatable bonds is 6. The number of thiazole rings is 1. The molecule has 1 amide bonds. The third kappa shape index (κ3) is 3.18. The average molecular weight is 304 g/mol. The fourth-order valence-electron chi connectivity index (χ4n) is 2.69. The molecule has 2 aromatic rings. The van der Waals surface area contributed by atoms with Crippen LogP contribution < -0.4 is 4.90 Å². The smallest absolute Gasteiger partial charge is 0.414 e. The number of hydrogen-bond donors (Lipinski definition) is 0. The fraction of sp³-hybridized carbons (Fsp3) is 0.500. The van der Waals surface area contributed by atoms with Crippen LogP contribution in [0, 0.1) is 0 Å². The molecule has 0 saturated carbocycles. The van der Waals surface area contributed by atoms with Crippen molar-refractivity contribution in [1.82, 2.24) is 4.98 Å². The van der Waals surface area contributed by atoms with Crippen molar-refractivity contribution in [2.45, 2.75) is 45.1 Å². The molecule has 0 radical (unpaired) electrons. The summed E-state index contributed by atoms with van der Waals surface area (Å²) in [6.07, 6.45) is 5.61. The van der Waals surface area contributed by atoms with Crippen molar-refractivity contribution in [1.29, 1.82) is 0 Å². The summed E-state index contributed by atoms with van der Waals surface area (Å²) in [5.41, 5.74) is 3.72. The molecular weight excluding hydrogens is 284 g/mol. The van der Waals surface area contributed by atoms with Gasteiger partial charge in [0.2, 0.25) is 0 Å². The van der Waals surface area contributed by atoms with Crippen molar-refractivity contribution in [3.8, 4) is 0 Å². The van der Waals surface area contributed by atoms with Crippen LogP contribution in [0.1, 0.15) is 39.0 Å². The summed E-state index contributed by atoms with van der Waals surface area (Å²) in [5.74, 6) is 0. The largest absolute Gasteiger partial charge is 0.444 e. The maximum atomic E-state index is 12.0. The molecule has 1 saturated heterocycles. The number of aromatic nitrogens is 1. The van der Waals surface area contributed by atoms with Gasteiger partial charge in [0, 0.05) is 5.69 Å². The number of ether oxygens (including phenoxy) is 1. The van der Waals surface area contributed by atoms with Crippen LogP contribution >= 0.6 is 11.3 Å². The second-order valence-electron chi connectivity index (χ2n) is 5.47. The van der Waals surface area contributed by atoms with E-state index >= 15 is 0 Å². The highest BCUT2D eigenvalue weighted by Gasteiger charge is 2.31. The minimum Gasteiger partial charge on any atom is -0.444 e. The van der Waals surface area contributed by atoms with E-state index < -0.39 is 0 Å². The highest BCUT2D eigenvalue weighted by Crippen LogP contribution is 2.28. The summed E-state index contributed by atoms with van der Waals surface area (Å²) in [6, 6.07) is 5.93. The fourth-order valence-corrected chi connectivity index (χ4v) is 3.40. The number of amides is 1. The first-order valence-electron chi connectivity index (χ1n) is 7.59. The summed E-state index contributed by atoms with van der Waals surface area (Å²) in [4.78, 5) is 18.0. The van der Waals surface area contributed by atoms with Crippen molar-refractivity contribution in [3.63, 3.8) is 0 Å². The van der Waals surface area contributed by atoms with Crippen LogP contribution in [0.25, 0.3) is 10.2 Å². The van der Waals surface area contributed by atoms with E-state index in [0.29, 0.717) is 6.54 Å². The minimum absolute atomic E-state index is 0.0338. The molecule has 4 nitrogen and oxygen atoms in total. The first-order chi connectivity index (χ1) is 10.3. The van der Waals surface area contributed by atoms with Crippen molar-refractivity contribution in [2.75, 3.05) is 11.4 Å². The molecule has 112 valence electrons. The Kier molecular flexibility index (Phi) is 4.39. The van der Waals surface area contributed by atoms with Crippen LogP contribution in [0.15, 0.2) is 23.7 Å². The number of nitrogens with zero attached hydrogens (tertiary/aromatic N) is 2. The van der Waals surface area contributed by atoms with Crippen LogP contribution in [0.3, 0.4) is 0 Å². The topological polar surface area (TPSA) is 42.4 Å². The first-order valence-corrected chi connectivity index (χ1v) is 8.47. The van der Waals surface area contributed by atoms with E-state index in [4.69, 9.17) is 4.74 Å². The molecule has 0 N–H and O–H groups in total. The third-order valence-corrected chi connectivity index (χ3v) is 4.67. The molecule has 1 atom stereocenters. The number of fused-ring (bicyclic) bond motifs is 1. The Balaban J connectivity index is 1.64. The molecule has 1 unspecified atom stereocenters. The van der Waals surface area contributed by atoms with E-state index in [-0.39, 0.29) is 12.2 Å². The number of unbranched alkanes of at least 4 members (excludes halogenated alkanes) is 3. The zero-order valence-corrected chi connectivity index (χ0v) is 13.1. The lowest BCUT2D eigenvalue weighted by Crippen LogP contribution is -2.24.